The Labute approximate surface area is 185 Å². The van der Waals surface area contributed by atoms with E-state index in [1.54, 1.807) is 7.05 Å². The van der Waals surface area contributed by atoms with Gasteiger partial charge in [0.15, 0.2) is 0 Å². The predicted molar refractivity (Wildman–Crippen MR) is 122 cm³/mol. The van der Waals surface area contributed by atoms with E-state index >= 15 is 0 Å². The van der Waals surface area contributed by atoms with Gasteiger partial charge in [0.25, 0.3) is 0 Å². The number of hydrogen-bond acceptors (Lipinski definition) is 5. The number of imidazole rings is 1. The monoisotopic (exact) mass is 450 g/mol. The molecule has 2 fully saturated rings. The van der Waals surface area contributed by atoms with E-state index in [0.29, 0.717) is 37.9 Å². The van der Waals surface area contributed by atoms with Crippen LogP contribution in [0.15, 0.2) is 18.2 Å². The fourth-order valence-electron chi connectivity index (χ4n) is 4.34. The number of nitrogens with zero attached hydrogens (tertiary/aromatic N) is 4. The topological polar surface area (TPSA) is 76.9 Å². The zero-order chi connectivity index (χ0) is 22.2. The van der Waals surface area contributed by atoms with Crippen LogP contribution in [0.4, 0.5) is 5.69 Å². The molecule has 8 nitrogen and oxygen atoms in total. The van der Waals surface area contributed by atoms with E-state index in [1.807, 2.05) is 18.2 Å². The minimum atomic E-state index is -3.60. The summed E-state index contributed by atoms with van der Waals surface area (Å²) in [5.74, 6) is 1.60. The van der Waals surface area contributed by atoms with Gasteiger partial charge < -0.3 is 14.0 Å². The quantitative estimate of drug-likeness (QED) is 0.700. The number of fused-ring (bicyclic) bond motifs is 1. The summed E-state index contributed by atoms with van der Waals surface area (Å²) in [5.41, 5.74) is 2.39. The van der Waals surface area contributed by atoms with E-state index in [9.17, 15) is 8.42 Å². The summed E-state index contributed by atoms with van der Waals surface area (Å²) in [6.45, 7) is 10.7. The van der Waals surface area contributed by atoms with Crippen molar-refractivity contribution in [1.82, 2.24) is 13.9 Å². The zero-order valence-corrected chi connectivity index (χ0v) is 19.8. The molecule has 2 saturated heterocycles. The van der Waals surface area contributed by atoms with Crippen molar-refractivity contribution in [1.29, 1.82) is 0 Å². The van der Waals surface area contributed by atoms with Crippen molar-refractivity contribution in [2.45, 2.75) is 45.6 Å². The van der Waals surface area contributed by atoms with Crippen molar-refractivity contribution in [3.8, 4) is 0 Å². The molecule has 0 bridgehead atoms. The van der Waals surface area contributed by atoms with Crippen molar-refractivity contribution in [3.05, 3.63) is 24.0 Å². The fraction of sp³-hybridized carbons (Fsp3) is 0.682. The van der Waals surface area contributed by atoms with Gasteiger partial charge in [-0.3, -0.25) is 4.31 Å². The number of morpholine rings is 1. The van der Waals surface area contributed by atoms with E-state index in [4.69, 9.17) is 14.5 Å². The molecule has 4 rings (SSSR count). The molecule has 2 aliphatic rings. The number of hydrogen-bond donors (Lipinski definition) is 0. The molecule has 0 radical (unpaired) electrons. The first-order valence-electron chi connectivity index (χ1n) is 11.1. The summed E-state index contributed by atoms with van der Waals surface area (Å²) in [5, 5.41) is 0. The molecule has 0 spiro atoms. The molecule has 0 unspecified atom stereocenters. The molecule has 0 amide bonds. The minimum Gasteiger partial charge on any atom is -0.381 e. The average Bonchev–Trinajstić information content (AvgIpc) is 3.12. The van der Waals surface area contributed by atoms with Gasteiger partial charge in [-0.25, -0.2) is 4.98 Å². The number of aromatic nitrogens is 2. The van der Waals surface area contributed by atoms with E-state index in [2.05, 4.69) is 25.3 Å². The van der Waals surface area contributed by atoms with Crippen LogP contribution in [0, 0.1) is 5.92 Å². The van der Waals surface area contributed by atoms with E-state index in [1.165, 1.54) is 8.61 Å². The first-order valence-corrected chi connectivity index (χ1v) is 12.5. The lowest BCUT2D eigenvalue weighted by Gasteiger charge is -2.31. The summed E-state index contributed by atoms with van der Waals surface area (Å²) in [7, 11) is -1.99. The van der Waals surface area contributed by atoms with Crippen molar-refractivity contribution < 1.29 is 17.9 Å². The molecule has 0 aliphatic carbocycles. The van der Waals surface area contributed by atoms with E-state index in [0.717, 1.165) is 49.5 Å². The Hall–Kier alpha value is -1.68. The normalized spacial score (nSPS) is 19.7. The van der Waals surface area contributed by atoms with Gasteiger partial charge in [-0.1, -0.05) is 20.8 Å². The summed E-state index contributed by atoms with van der Waals surface area (Å²) >= 11 is 0. The van der Waals surface area contributed by atoms with Crippen molar-refractivity contribution in [2.24, 2.45) is 5.92 Å². The first kappa shape index (κ1) is 22.5. The summed E-state index contributed by atoms with van der Waals surface area (Å²) < 4.78 is 42.1. The maximum atomic E-state index is 13.1. The highest BCUT2D eigenvalue weighted by Crippen LogP contribution is 2.31. The van der Waals surface area contributed by atoms with Gasteiger partial charge in [0, 0.05) is 45.3 Å². The molecule has 2 aromatic rings. The Morgan fingerprint density at radius 1 is 1.10 bits per heavy atom. The largest absolute Gasteiger partial charge is 0.381 e. The standard InChI is InChI=1S/C22H34N4O4S/c1-22(2,3)21-23-19-15-18(24(4)31(27,28)25-9-13-30-14-10-25)5-6-20(19)26(21)16-17-7-11-29-12-8-17/h5-6,15,17H,7-14,16H2,1-4H3. The third kappa shape index (κ3) is 4.60. The van der Waals surface area contributed by atoms with E-state index in [-0.39, 0.29) is 5.41 Å². The molecule has 31 heavy (non-hydrogen) atoms. The summed E-state index contributed by atoms with van der Waals surface area (Å²) in [4.78, 5) is 4.96. The Morgan fingerprint density at radius 3 is 2.39 bits per heavy atom. The predicted octanol–water partition coefficient (Wildman–Crippen LogP) is 2.77. The molecular weight excluding hydrogens is 416 g/mol. The fourth-order valence-corrected chi connectivity index (χ4v) is 5.68. The first-order chi connectivity index (χ1) is 14.7. The van der Waals surface area contributed by atoms with Gasteiger partial charge in [0.05, 0.1) is 29.9 Å². The molecule has 0 saturated carbocycles. The highest BCUT2D eigenvalue weighted by Gasteiger charge is 2.30. The van der Waals surface area contributed by atoms with Gasteiger partial charge in [-0.15, -0.1) is 0 Å². The molecule has 172 valence electrons. The zero-order valence-electron chi connectivity index (χ0n) is 19.0. The molecule has 0 N–H and O–H groups in total. The van der Waals surface area contributed by atoms with Crippen LogP contribution in [0.5, 0.6) is 0 Å². The second-order valence-corrected chi connectivity index (χ2v) is 11.5. The lowest BCUT2D eigenvalue weighted by molar-refractivity contribution is 0.0611. The molecule has 9 heteroatoms. The lowest BCUT2D eigenvalue weighted by Crippen LogP contribution is -2.47. The Bertz CT molecular complexity index is 1020. The minimum absolute atomic E-state index is 0.115. The number of anilines is 1. The summed E-state index contributed by atoms with van der Waals surface area (Å²) in [6, 6.07) is 5.79. The molecule has 1 aromatic heterocycles. The van der Waals surface area contributed by atoms with Crippen LogP contribution in [0.2, 0.25) is 0 Å². The highest BCUT2D eigenvalue weighted by atomic mass is 32.2. The Morgan fingerprint density at radius 2 is 1.74 bits per heavy atom. The van der Waals surface area contributed by atoms with Crippen LogP contribution in [0.25, 0.3) is 11.0 Å². The lowest BCUT2D eigenvalue weighted by atomic mass is 9.94. The van der Waals surface area contributed by atoms with Gasteiger partial charge in [0.1, 0.15) is 5.82 Å². The Balaban J connectivity index is 1.68. The molecule has 2 aliphatic heterocycles. The van der Waals surface area contributed by atoms with Crippen molar-refractivity contribution >= 4 is 26.9 Å². The number of rotatable bonds is 5. The van der Waals surface area contributed by atoms with Crippen LogP contribution < -0.4 is 4.31 Å². The van der Waals surface area contributed by atoms with Gasteiger partial charge >= 0.3 is 10.2 Å². The third-order valence-electron chi connectivity index (χ3n) is 6.19. The molecular formula is C22H34N4O4S. The van der Waals surface area contributed by atoms with Crippen LogP contribution in [-0.4, -0.2) is 68.8 Å². The molecule has 3 heterocycles. The number of benzene rings is 1. The molecule has 1 aromatic carbocycles. The maximum Gasteiger partial charge on any atom is 0.303 e. The van der Waals surface area contributed by atoms with Crippen LogP contribution in [-0.2, 0) is 31.6 Å². The second-order valence-electron chi connectivity index (χ2n) is 9.51. The van der Waals surface area contributed by atoms with Gasteiger partial charge in [0.2, 0.25) is 0 Å². The average molecular weight is 451 g/mol. The molecule has 0 atom stereocenters. The van der Waals surface area contributed by atoms with Crippen molar-refractivity contribution in [2.75, 3.05) is 50.9 Å². The number of ether oxygens (including phenoxy) is 2. The van der Waals surface area contributed by atoms with Crippen LogP contribution in [0.3, 0.4) is 0 Å². The van der Waals surface area contributed by atoms with Crippen LogP contribution >= 0.6 is 0 Å². The van der Waals surface area contributed by atoms with E-state index < -0.39 is 10.2 Å². The van der Waals surface area contributed by atoms with Gasteiger partial charge in [-0.2, -0.15) is 12.7 Å². The third-order valence-corrected chi connectivity index (χ3v) is 8.11. The highest BCUT2D eigenvalue weighted by molar-refractivity contribution is 7.90. The maximum absolute atomic E-state index is 13.1. The van der Waals surface area contributed by atoms with Crippen molar-refractivity contribution in [3.63, 3.8) is 0 Å². The summed E-state index contributed by atoms with van der Waals surface area (Å²) in [6.07, 6.45) is 2.11. The second kappa shape index (κ2) is 8.69. The van der Waals surface area contributed by atoms with Crippen LogP contribution in [0.1, 0.15) is 39.4 Å². The van der Waals surface area contributed by atoms with Gasteiger partial charge in [-0.05, 0) is 37.0 Å². The SMILES string of the molecule is CN(c1ccc2c(c1)nc(C(C)(C)C)n2CC1CCOCC1)S(=O)(=O)N1CCOCC1. The Kier molecular flexibility index (Phi) is 6.31. The smallest absolute Gasteiger partial charge is 0.303 e.